The third-order valence-corrected chi connectivity index (χ3v) is 2.88. The molecule has 1 saturated heterocycles. The van der Waals surface area contributed by atoms with Crippen molar-refractivity contribution >= 4 is 22.3 Å². The number of nitrogens with two attached hydrogens (primary N) is 1. The van der Waals surface area contributed by atoms with Crippen LogP contribution in [0.3, 0.4) is 0 Å². The summed E-state index contributed by atoms with van der Waals surface area (Å²) in [5, 5.41) is 20.0. The fraction of sp³-hybridized carbons (Fsp3) is 0.571. The molecule has 1 aliphatic rings. The quantitative estimate of drug-likeness (QED) is 0.307. The van der Waals surface area contributed by atoms with E-state index in [0.29, 0.717) is 13.2 Å². The first-order valence-corrected chi connectivity index (χ1v) is 5.29. The zero-order valence-corrected chi connectivity index (χ0v) is 8.72. The topological polar surface area (TPSA) is 96.9 Å². The molecule has 8 heteroatoms. The second-order valence-electron chi connectivity index (χ2n) is 3.05. The molecular weight excluding hydrogens is 218 g/mol. The van der Waals surface area contributed by atoms with Gasteiger partial charge in [-0.25, -0.2) is 0 Å². The second-order valence-corrected chi connectivity index (χ2v) is 3.86. The van der Waals surface area contributed by atoms with Crippen LogP contribution in [-0.4, -0.2) is 47.0 Å². The number of hydrogen-bond acceptors (Lipinski definition) is 7. The molecule has 0 aromatic carbocycles. The van der Waals surface area contributed by atoms with Gasteiger partial charge in [-0.1, -0.05) is 16.5 Å². The molecule has 1 atom stereocenters. The van der Waals surface area contributed by atoms with Gasteiger partial charge < -0.3 is 20.6 Å². The fourth-order valence-electron chi connectivity index (χ4n) is 1.37. The molecule has 2 rings (SSSR count). The van der Waals surface area contributed by atoms with E-state index in [9.17, 15) is 0 Å². The van der Waals surface area contributed by atoms with E-state index in [1.165, 1.54) is 11.3 Å². The molecule has 15 heavy (non-hydrogen) atoms. The third-order valence-electron chi connectivity index (χ3n) is 2.13. The standard InChI is InChI=1S/C7H11N5O2S/c8-6(11-13)5-3-12(1-2-14-5)7-10-9-4-15-7/h4-5,13H,1-3H2,(H2,8,11). The van der Waals surface area contributed by atoms with Gasteiger partial charge in [0.15, 0.2) is 5.84 Å². The number of anilines is 1. The monoisotopic (exact) mass is 229 g/mol. The summed E-state index contributed by atoms with van der Waals surface area (Å²) in [5.41, 5.74) is 7.15. The Morgan fingerprint density at radius 1 is 1.80 bits per heavy atom. The Bertz CT molecular complexity index is 341. The molecule has 1 aromatic rings. The van der Waals surface area contributed by atoms with Gasteiger partial charge in [-0.15, -0.1) is 10.2 Å². The molecule has 0 radical (unpaired) electrons. The zero-order chi connectivity index (χ0) is 10.7. The summed E-state index contributed by atoms with van der Waals surface area (Å²) < 4.78 is 5.36. The molecule has 1 aromatic heterocycles. The number of nitrogens with zero attached hydrogens (tertiary/aromatic N) is 4. The summed E-state index contributed by atoms with van der Waals surface area (Å²) in [5.74, 6) is 0.0872. The van der Waals surface area contributed by atoms with Gasteiger partial charge in [-0.05, 0) is 0 Å². The Kier molecular flexibility index (Phi) is 2.97. The van der Waals surface area contributed by atoms with Gasteiger partial charge in [-0.3, -0.25) is 0 Å². The van der Waals surface area contributed by atoms with Crippen LogP contribution in [0.1, 0.15) is 0 Å². The normalized spacial score (nSPS) is 23.1. The number of rotatable bonds is 2. The highest BCUT2D eigenvalue weighted by Gasteiger charge is 2.25. The molecule has 0 aliphatic carbocycles. The number of amidine groups is 1. The van der Waals surface area contributed by atoms with E-state index in [-0.39, 0.29) is 11.9 Å². The van der Waals surface area contributed by atoms with E-state index in [0.717, 1.165) is 11.7 Å². The molecule has 7 nitrogen and oxygen atoms in total. The van der Waals surface area contributed by atoms with Crippen molar-refractivity contribution < 1.29 is 9.94 Å². The molecule has 0 spiro atoms. The van der Waals surface area contributed by atoms with E-state index in [2.05, 4.69) is 15.4 Å². The summed E-state index contributed by atoms with van der Waals surface area (Å²) in [6.45, 7) is 1.80. The molecule has 82 valence electrons. The maximum absolute atomic E-state index is 8.54. The van der Waals surface area contributed by atoms with Crippen LogP contribution in [-0.2, 0) is 4.74 Å². The minimum absolute atomic E-state index is 0.0872. The zero-order valence-electron chi connectivity index (χ0n) is 7.91. The SMILES string of the molecule is NC(=NO)C1CN(c2nncs2)CCO1. The number of oxime groups is 1. The lowest BCUT2D eigenvalue weighted by Crippen LogP contribution is -2.48. The summed E-state index contributed by atoms with van der Waals surface area (Å²) in [6.07, 6.45) is -0.382. The van der Waals surface area contributed by atoms with Crippen LogP contribution in [0.5, 0.6) is 0 Å². The van der Waals surface area contributed by atoms with E-state index >= 15 is 0 Å². The van der Waals surface area contributed by atoms with E-state index < -0.39 is 0 Å². The van der Waals surface area contributed by atoms with Crippen molar-refractivity contribution in [2.24, 2.45) is 10.9 Å². The van der Waals surface area contributed by atoms with Crippen molar-refractivity contribution in [3.05, 3.63) is 5.51 Å². The number of aromatic nitrogens is 2. The Hall–Kier alpha value is -1.41. The van der Waals surface area contributed by atoms with Gasteiger partial charge in [0.25, 0.3) is 0 Å². The Labute approximate surface area is 90.2 Å². The maximum atomic E-state index is 8.54. The molecule has 1 fully saturated rings. The molecule has 1 aliphatic heterocycles. The van der Waals surface area contributed by atoms with Crippen molar-refractivity contribution in [2.75, 3.05) is 24.6 Å². The number of ether oxygens (including phenoxy) is 1. The lowest BCUT2D eigenvalue weighted by molar-refractivity contribution is 0.0806. The molecular formula is C7H11N5O2S. The average Bonchev–Trinajstić information content (AvgIpc) is 2.82. The van der Waals surface area contributed by atoms with Crippen LogP contribution >= 0.6 is 11.3 Å². The summed E-state index contributed by atoms with van der Waals surface area (Å²) in [4.78, 5) is 2.00. The van der Waals surface area contributed by atoms with E-state index in [1.807, 2.05) is 4.90 Å². The van der Waals surface area contributed by atoms with Crippen molar-refractivity contribution in [3.8, 4) is 0 Å². The first-order chi connectivity index (χ1) is 7.31. The number of hydrogen-bond donors (Lipinski definition) is 2. The summed E-state index contributed by atoms with van der Waals surface area (Å²) >= 11 is 1.46. The van der Waals surface area contributed by atoms with Crippen LogP contribution in [0.2, 0.25) is 0 Å². The Morgan fingerprint density at radius 3 is 3.33 bits per heavy atom. The van der Waals surface area contributed by atoms with Crippen LogP contribution in [0.25, 0.3) is 0 Å². The van der Waals surface area contributed by atoms with Crippen molar-refractivity contribution in [2.45, 2.75) is 6.10 Å². The van der Waals surface area contributed by atoms with Crippen LogP contribution in [0, 0.1) is 0 Å². The summed E-state index contributed by atoms with van der Waals surface area (Å²) in [6, 6.07) is 0. The molecule has 3 N–H and O–H groups in total. The maximum Gasteiger partial charge on any atom is 0.208 e. The largest absolute Gasteiger partial charge is 0.409 e. The van der Waals surface area contributed by atoms with E-state index in [1.54, 1.807) is 5.51 Å². The highest BCUT2D eigenvalue weighted by molar-refractivity contribution is 7.13. The minimum Gasteiger partial charge on any atom is -0.409 e. The fourth-order valence-corrected chi connectivity index (χ4v) is 1.97. The Balaban J connectivity index is 2.05. The average molecular weight is 229 g/mol. The lowest BCUT2D eigenvalue weighted by atomic mass is 10.2. The Morgan fingerprint density at radius 2 is 2.67 bits per heavy atom. The van der Waals surface area contributed by atoms with E-state index in [4.69, 9.17) is 15.7 Å². The third kappa shape index (κ3) is 2.16. The first kappa shape index (κ1) is 10.1. The van der Waals surface area contributed by atoms with Crippen LogP contribution in [0.4, 0.5) is 5.13 Å². The van der Waals surface area contributed by atoms with Crippen LogP contribution in [0.15, 0.2) is 10.7 Å². The highest BCUT2D eigenvalue weighted by Crippen LogP contribution is 2.18. The summed E-state index contributed by atoms with van der Waals surface area (Å²) in [7, 11) is 0. The van der Waals surface area contributed by atoms with Gasteiger partial charge in [-0.2, -0.15) is 0 Å². The van der Waals surface area contributed by atoms with Gasteiger partial charge in [0.2, 0.25) is 5.13 Å². The highest BCUT2D eigenvalue weighted by atomic mass is 32.1. The second kappa shape index (κ2) is 4.41. The van der Waals surface area contributed by atoms with Crippen LogP contribution < -0.4 is 10.6 Å². The number of morpholine rings is 1. The molecule has 1 unspecified atom stereocenters. The first-order valence-electron chi connectivity index (χ1n) is 4.41. The van der Waals surface area contributed by atoms with Crippen molar-refractivity contribution in [1.29, 1.82) is 0 Å². The predicted molar refractivity (Wildman–Crippen MR) is 55.3 cm³/mol. The molecule has 2 heterocycles. The molecule has 0 bridgehead atoms. The smallest absolute Gasteiger partial charge is 0.208 e. The van der Waals surface area contributed by atoms with Crippen molar-refractivity contribution in [1.82, 2.24) is 10.2 Å². The predicted octanol–water partition coefficient (Wildman–Crippen LogP) is -0.510. The molecule has 0 amide bonds. The minimum atomic E-state index is -0.382. The molecule has 0 saturated carbocycles. The van der Waals surface area contributed by atoms with Crippen molar-refractivity contribution in [3.63, 3.8) is 0 Å². The van der Waals surface area contributed by atoms with Gasteiger partial charge in [0, 0.05) is 6.54 Å². The van der Waals surface area contributed by atoms with Gasteiger partial charge in [0.05, 0.1) is 13.2 Å². The van der Waals surface area contributed by atoms with Gasteiger partial charge >= 0.3 is 0 Å². The van der Waals surface area contributed by atoms with Gasteiger partial charge in [0.1, 0.15) is 11.6 Å². The lowest BCUT2D eigenvalue weighted by Gasteiger charge is -2.31.